The minimum atomic E-state index is -4.77. The number of aliphatic hydroxyl groups excluding tert-OH is 1. The molecule has 0 saturated carbocycles. The summed E-state index contributed by atoms with van der Waals surface area (Å²) in [5, 5.41) is 9.56. The molecule has 37 heavy (non-hydrogen) atoms. The van der Waals surface area contributed by atoms with Crippen LogP contribution in [0.15, 0.2) is 72.9 Å². The van der Waals surface area contributed by atoms with Gasteiger partial charge in [0.15, 0.2) is 0 Å². The average molecular weight is 507 g/mol. The minimum Gasteiger partial charge on any atom is -0.499 e. The van der Waals surface area contributed by atoms with E-state index in [0.717, 1.165) is 17.2 Å². The van der Waals surface area contributed by atoms with Gasteiger partial charge < -0.3 is 20.1 Å². The molecule has 0 aliphatic carbocycles. The van der Waals surface area contributed by atoms with Gasteiger partial charge in [0, 0.05) is 7.05 Å². The molecule has 0 unspecified atom stereocenters. The van der Waals surface area contributed by atoms with Gasteiger partial charge in [0.05, 0.1) is 36.2 Å². The van der Waals surface area contributed by atoms with Gasteiger partial charge in [-0.1, -0.05) is 54.6 Å². The normalized spacial score (nSPS) is 13.1. The monoisotopic (exact) mass is 506 g/mol. The van der Waals surface area contributed by atoms with Crippen molar-refractivity contribution in [2.24, 2.45) is 12.8 Å². The highest BCUT2D eigenvalue weighted by Gasteiger charge is 2.37. The molecule has 0 amide bonds. The number of aromatic nitrogens is 2. The molecule has 0 aliphatic heterocycles. The van der Waals surface area contributed by atoms with Crippen LogP contribution in [0.2, 0.25) is 0 Å². The summed E-state index contributed by atoms with van der Waals surface area (Å²) in [6.07, 6.45) is -3.40. The fraction of sp³-hybridized carbons (Fsp3) is 0.214. The van der Waals surface area contributed by atoms with Crippen LogP contribution in [0.3, 0.4) is 0 Å². The number of rotatable bonds is 7. The van der Waals surface area contributed by atoms with E-state index in [1.165, 1.54) is 16.8 Å². The summed E-state index contributed by atoms with van der Waals surface area (Å²) < 4.78 is 49.5. The second kappa shape index (κ2) is 10.1. The summed E-state index contributed by atoms with van der Waals surface area (Å²) in [4.78, 5) is 7.53. The largest absolute Gasteiger partial charge is 0.499 e. The molecule has 0 radical (unpaired) electrons. The highest BCUT2D eigenvalue weighted by molar-refractivity contribution is 5.74. The van der Waals surface area contributed by atoms with E-state index in [9.17, 15) is 18.3 Å². The van der Waals surface area contributed by atoms with Crippen molar-refractivity contribution < 1.29 is 23.0 Å². The van der Waals surface area contributed by atoms with Gasteiger partial charge in [-0.2, -0.15) is 13.2 Å². The zero-order valence-electron chi connectivity index (χ0n) is 20.3. The van der Waals surface area contributed by atoms with Crippen molar-refractivity contribution in [3.8, 4) is 28.1 Å². The molecule has 0 spiro atoms. The van der Waals surface area contributed by atoms with E-state index < -0.39 is 29.6 Å². The zero-order valence-corrected chi connectivity index (χ0v) is 20.3. The first-order valence-electron chi connectivity index (χ1n) is 11.4. The molecule has 6 nitrogen and oxygen atoms in total. The van der Waals surface area contributed by atoms with Crippen molar-refractivity contribution >= 4 is 5.69 Å². The second-order valence-electron chi connectivity index (χ2n) is 8.93. The van der Waals surface area contributed by atoms with E-state index >= 15 is 0 Å². The minimum absolute atomic E-state index is 0.132. The summed E-state index contributed by atoms with van der Waals surface area (Å²) in [7, 11) is 1.59. The lowest BCUT2D eigenvalue weighted by molar-refractivity contribution is -0.138. The summed E-state index contributed by atoms with van der Waals surface area (Å²) in [5.74, 6) is -0.234. The van der Waals surface area contributed by atoms with E-state index in [0.29, 0.717) is 17.1 Å². The standard InChI is InChI=1S/C28H25F3N4O2/c1-27(32,17-36)26-34-15-24(35(26)3)21-13-22(28(29,30)31)25(23(14-21)33-2)37-16-18-9-11-20(12-10-18)19-7-5-4-6-8-19/h4-15,36H,16-17,32H2,1,3H3/t27-/m0/s1. The van der Waals surface area contributed by atoms with Gasteiger partial charge in [0.1, 0.15) is 18.2 Å². The number of nitrogens with zero attached hydrogens (tertiary/aromatic N) is 3. The summed E-state index contributed by atoms with van der Waals surface area (Å²) >= 11 is 0. The highest BCUT2D eigenvalue weighted by Crippen LogP contribution is 2.45. The van der Waals surface area contributed by atoms with Gasteiger partial charge in [0.2, 0.25) is 5.69 Å². The molecular weight excluding hydrogens is 481 g/mol. The molecule has 0 fully saturated rings. The number of hydrogen-bond acceptors (Lipinski definition) is 4. The van der Waals surface area contributed by atoms with E-state index in [4.69, 9.17) is 17.0 Å². The molecule has 3 aromatic carbocycles. The topological polar surface area (TPSA) is 77.7 Å². The molecule has 1 aromatic heterocycles. The summed E-state index contributed by atoms with van der Waals surface area (Å²) in [6, 6.07) is 19.3. The first kappa shape index (κ1) is 25.9. The van der Waals surface area contributed by atoms with Gasteiger partial charge in [-0.3, -0.25) is 0 Å². The first-order valence-corrected chi connectivity index (χ1v) is 11.4. The predicted octanol–water partition coefficient (Wildman–Crippen LogP) is 6.07. The van der Waals surface area contributed by atoms with Crippen molar-refractivity contribution in [3.63, 3.8) is 0 Å². The van der Waals surface area contributed by atoms with Crippen LogP contribution in [0.1, 0.15) is 23.9 Å². The molecule has 3 N–H and O–H groups in total. The lowest BCUT2D eigenvalue weighted by Crippen LogP contribution is -2.39. The Labute approximate surface area is 212 Å². The maximum Gasteiger partial charge on any atom is 0.418 e. The number of halogens is 3. The maximum absolute atomic E-state index is 14.1. The third-order valence-corrected chi connectivity index (χ3v) is 6.06. The summed E-state index contributed by atoms with van der Waals surface area (Å²) in [6.45, 7) is 8.56. The quantitative estimate of drug-likeness (QED) is 0.298. The Morgan fingerprint density at radius 2 is 1.68 bits per heavy atom. The van der Waals surface area contributed by atoms with Gasteiger partial charge in [-0.05, 0) is 41.3 Å². The molecule has 0 bridgehead atoms. The first-order chi connectivity index (χ1) is 17.5. The third-order valence-electron chi connectivity index (χ3n) is 6.06. The van der Waals surface area contributed by atoms with Crippen molar-refractivity contribution in [1.82, 2.24) is 9.55 Å². The molecule has 1 heterocycles. The van der Waals surface area contributed by atoms with Gasteiger partial charge in [0.25, 0.3) is 0 Å². The van der Waals surface area contributed by atoms with E-state index in [-0.39, 0.29) is 17.9 Å². The van der Waals surface area contributed by atoms with Crippen LogP contribution in [-0.2, 0) is 25.4 Å². The Bertz CT molecular complexity index is 1440. The molecule has 4 rings (SSSR count). The van der Waals surface area contributed by atoms with Crippen LogP contribution >= 0.6 is 0 Å². The highest BCUT2D eigenvalue weighted by atomic mass is 19.4. The average Bonchev–Trinajstić information content (AvgIpc) is 3.29. The number of imidazole rings is 1. The van der Waals surface area contributed by atoms with Crippen molar-refractivity contribution in [2.75, 3.05) is 6.61 Å². The molecule has 4 aromatic rings. The zero-order chi connectivity index (χ0) is 26.8. The Hall–Kier alpha value is -4.13. The second-order valence-corrected chi connectivity index (χ2v) is 8.93. The smallest absolute Gasteiger partial charge is 0.418 e. The van der Waals surface area contributed by atoms with Crippen molar-refractivity contribution in [3.05, 3.63) is 101 Å². The molecule has 0 saturated heterocycles. The van der Waals surface area contributed by atoms with Crippen LogP contribution in [-0.4, -0.2) is 21.3 Å². The summed E-state index contributed by atoms with van der Waals surface area (Å²) in [5.41, 5.74) is 6.64. The van der Waals surface area contributed by atoms with Gasteiger partial charge in [-0.25, -0.2) is 9.83 Å². The van der Waals surface area contributed by atoms with E-state index in [1.54, 1.807) is 26.1 Å². The van der Waals surface area contributed by atoms with E-state index in [1.807, 2.05) is 42.5 Å². The number of benzene rings is 3. The van der Waals surface area contributed by atoms with Crippen LogP contribution in [0.5, 0.6) is 5.75 Å². The number of nitrogens with two attached hydrogens (primary N) is 1. The Balaban J connectivity index is 1.68. The van der Waals surface area contributed by atoms with Crippen LogP contribution < -0.4 is 10.5 Å². The van der Waals surface area contributed by atoms with Crippen molar-refractivity contribution in [1.29, 1.82) is 0 Å². The third kappa shape index (κ3) is 5.35. The Morgan fingerprint density at radius 3 is 2.27 bits per heavy atom. The fourth-order valence-corrected chi connectivity index (χ4v) is 4.07. The number of hydrogen-bond donors (Lipinski definition) is 2. The number of alkyl halides is 3. The lowest BCUT2D eigenvalue weighted by atomic mass is 10.0. The predicted molar refractivity (Wildman–Crippen MR) is 135 cm³/mol. The van der Waals surface area contributed by atoms with Crippen LogP contribution in [0.4, 0.5) is 18.9 Å². The lowest BCUT2D eigenvalue weighted by Gasteiger charge is -2.22. The Kier molecular flexibility index (Phi) is 7.07. The molecule has 190 valence electrons. The fourth-order valence-electron chi connectivity index (χ4n) is 4.07. The van der Waals surface area contributed by atoms with Crippen LogP contribution in [0, 0.1) is 6.57 Å². The number of aliphatic hydroxyl groups is 1. The van der Waals surface area contributed by atoms with E-state index in [2.05, 4.69) is 9.83 Å². The number of ether oxygens (including phenoxy) is 1. The van der Waals surface area contributed by atoms with Crippen molar-refractivity contribution in [2.45, 2.75) is 25.2 Å². The van der Waals surface area contributed by atoms with Crippen LogP contribution in [0.25, 0.3) is 27.2 Å². The molecule has 0 aliphatic rings. The molecule has 9 heteroatoms. The van der Waals surface area contributed by atoms with Gasteiger partial charge >= 0.3 is 6.18 Å². The molecular formula is C28H25F3N4O2. The Morgan fingerprint density at radius 1 is 1.03 bits per heavy atom. The van der Waals surface area contributed by atoms with Gasteiger partial charge in [-0.15, -0.1) is 0 Å². The maximum atomic E-state index is 14.1. The SMILES string of the molecule is [C-]#[N+]c1cc(-c2cnc([C@@](C)(N)CO)n2C)cc(C(F)(F)F)c1OCc1ccc(-c2ccccc2)cc1. The molecule has 1 atom stereocenters.